The molecule has 11 heteroatoms. The number of hydrogen-bond donors (Lipinski definition) is 0. The Labute approximate surface area is 167 Å². The highest BCUT2D eigenvalue weighted by molar-refractivity contribution is 7.99. The normalized spacial score (nSPS) is 15.7. The van der Waals surface area contributed by atoms with Gasteiger partial charge in [0.25, 0.3) is 15.9 Å². The van der Waals surface area contributed by atoms with E-state index in [4.69, 9.17) is 0 Å². The molecule has 0 saturated carbocycles. The molecule has 0 unspecified atom stereocenters. The molecule has 0 saturated heterocycles. The SMILES string of the molecule is O=C1c2ccccc2S(=O)(=O)N1CCSc1nc(C(F)(F)F)nc2ccccc12. The predicted molar refractivity (Wildman–Crippen MR) is 99.9 cm³/mol. The van der Waals surface area contributed by atoms with Gasteiger partial charge in [0.15, 0.2) is 0 Å². The molecule has 3 aromatic rings. The minimum absolute atomic E-state index is 0.0390. The summed E-state index contributed by atoms with van der Waals surface area (Å²) in [6.07, 6.45) is -4.71. The van der Waals surface area contributed by atoms with Crippen molar-refractivity contribution in [2.45, 2.75) is 16.1 Å². The van der Waals surface area contributed by atoms with Gasteiger partial charge in [-0.05, 0) is 18.2 Å². The zero-order valence-electron chi connectivity index (χ0n) is 14.5. The van der Waals surface area contributed by atoms with Gasteiger partial charge in [-0.3, -0.25) is 4.79 Å². The Morgan fingerprint density at radius 1 is 1.00 bits per heavy atom. The molecule has 4 rings (SSSR count). The molecule has 0 radical (unpaired) electrons. The van der Waals surface area contributed by atoms with Crippen LogP contribution in [0.15, 0.2) is 58.5 Å². The Morgan fingerprint density at radius 3 is 2.41 bits per heavy atom. The largest absolute Gasteiger partial charge is 0.451 e. The highest BCUT2D eigenvalue weighted by Crippen LogP contribution is 2.33. The number of hydrogen-bond acceptors (Lipinski definition) is 6. The average molecular weight is 439 g/mol. The Bertz CT molecular complexity index is 1230. The average Bonchev–Trinajstić information content (AvgIpc) is 2.88. The summed E-state index contributed by atoms with van der Waals surface area (Å²) in [5.74, 6) is -1.88. The summed E-state index contributed by atoms with van der Waals surface area (Å²) < 4.78 is 65.2. The summed E-state index contributed by atoms with van der Waals surface area (Å²) in [6.45, 7) is -0.194. The second kappa shape index (κ2) is 6.99. The number of para-hydroxylation sites is 1. The van der Waals surface area contributed by atoms with Crippen LogP contribution >= 0.6 is 11.8 Å². The highest BCUT2D eigenvalue weighted by atomic mass is 32.2. The summed E-state index contributed by atoms with van der Waals surface area (Å²) in [4.78, 5) is 19.5. The summed E-state index contributed by atoms with van der Waals surface area (Å²) in [5, 5.41) is 0.494. The molecule has 0 spiro atoms. The lowest BCUT2D eigenvalue weighted by molar-refractivity contribution is -0.145. The third kappa shape index (κ3) is 3.44. The number of aromatic nitrogens is 2. The number of alkyl halides is 3. The number of sulfonamides is 1. The Balaban J connectivity index is 1.59. The van der Waals surface area contributed by atoms with Gasteiger partial charge in [-0.15, -0.1) is 11.8 Å². The smallest absolute Gasteiger partial charge is 0.268 e. The molecule has 0 atom stereocenters. The molecule has 2 heterocycles. The van der Waals surface area contributed by atoms with Gasteiger partial charge >= 0.3 is 6.18 Å². The summed E-state index contributed by atoms with van der Waals surface area (Å²) in [5.41, 5.74) is 0.221. The second-order valence-electron chi connectivity index (χ2n) is 6.09. The maximum absolute atomic E-state index is 13.1. The van der Waals surface area contributed by atoms with Crippen molar-refractivity contribution < 1.29 is 26.4 Å². The number of fused-ring (bicyclic) bond motifs is 2. The van der Waals surface area contributed by atoms with E-state index in [0.717, 1.165) is 16.1 Å². The number of rotatable bonds is 4. The number of nitrogens with zero attached hydrogens (tertiary/aromatic N) is 3. The highest BCUT2D eigenvalue weighted by Gasteiger charge is 2.40. The summed E-state index contributed by atoms with van der Waals surface area (Å²) in [6, 6.07) is 12.1. The van der Waals surface area contributed by atoms with E-state index in [1.807, 2.05) is 0 Å². The number of halogens is 3. The van der Waals surface area contributed by atoms with Crippen LogP contribution in [0.3, 0.4) is 0 Å². The predicted octanol–water partition coefficient (Wildman–Crippen LogP) is 3.59. The van der Waals surface area contributed by atoms with E-state index in [1.54, 1.807) is 24.3 Å². The summed E-state index contributed by atoms with van der Waals surface area (Å²) >= 11 is 0.939. The van der Waals surface area contributed by atoms with E-state index in [0.29, 0.717) is 5.39 Å². The molecule has 1 aliphatic heterocycles. The quantitative estimate of drug-likeness (QED) is 0.457. The Kier molecular flexibility index (Phi) is 4.74. The minimum Gasteiger partial charge on any atom is -0.268 e. The molecular formula is C18H12F3N3O3S2. The minimum atomic E-state index is -4.71. The molecule has 29 heavy (non-hydrogen) atoms. The first-order valence-electron chi connectivity index (χ1n) is 8.32. The van der Waals surface area contributed by atoms with Crippen molar-refractivity contribution in [3.8, 4) is 0 Å². The fourth-order valence-electron chi connectivity index (χ4n) is 2.96. The standard InChI is InChI=1S/C18H12F3N3O3S2/c19-18(20,21)17-22-13-7-3-1-5-11(13)15(23-17)28-10-9-24-16(25)12-6-2-4-8-14(12)29(24,26)27/h1-8H,9-10H2. The summed E-state index contributed by atoms with van der Waals surface area (Å²) in [7, 11) is -3.97. The van der Waals surface area contributed by atoms with Gasteiger partial charge < -0.3 is 0 Å². The molecule has 1 aliphatic rings. The zero-order chi connectivity index (χ0) is 20.8. The molecule has 0 aliphatic carbocycles. The van der Waals surface area contributed by atoms with E-state index in [1.165, 1.54) is 24.3 Å². The van der Waals surface area contributed by atoms with Crippen LogP contribution in [-0.2, 0) is 16.2 Å². The molecule has 0 bridgehead atoms. The van der Waals surface area contributed by atoms with Crippen molar-refractivity contribution in [3.05, 3.63) is 59.9 Å². The second-order valence-corrected chi connectivity index (χ2v) is 9.01. The Hall–Kier alpha value is -2.66. The van der Waals surface area contributed by atoms with E-state index < -0.39 is 27.9 Å². The molecule has 0 N–H and O–H groups in total. The van der Waals surface area contributed by atoms with Crippen molar-refractivity contribution in [1.29, 1.82) is 0 Å². The van der Waals surface area contributed by atoms with Gasteiger partial charge in [-0.2, -0.15) is 13.2 Å². The van der Waals surface area contributed by atoms with Crippen molar-refractivity contribution in [2.75, 3.05) is 12.3 Å². The molecule has 6 nitrogen and oxygen atoms in total. The van der Waals surface area contributed by atoms with Crippen molar-refractivity contribution >= 4 is 38.6 Å². The monoisotopic (exact) mass is 439 g/mol. The van der Waals surface area contributed by atoms with Crippen LogP contribution in [0, 0.1) is 0 Å². The first-order valence-corrected chi connectivity index (χ1v) is 10.7. The third-order valence-electron chi connectivity index (χ3n) is 4.27. The van der Waals surface area contributed by atoms with Crippen molar-refractivity contribution in [1.82, 2.24) is 14.3 Å². The van der Waals surface area contributed by atoms with Crippen molar-refractivity contribution in [2.24, 2.45) is 0 Å². The van der Waals surface area contributed by atoms with E-state index in [2.05, 4.69) is 9.97 Å². The molecule has 1 aromatic heterocycles. The fourth-order valence-corrected chi connectivity index (χ4v) is 5.59. The zero-order valence-corrected chi connectivity index (χ0v) is 16.2. The van der Waals surface area contributed by atoms with Crippen LogP contribution in [-0.4, -0.2) is 40.9 Å². The van der Waals surface area contributed by atoms with Crippen LogP contribution in [0.1, 0.15) is 16.2 Å². The lowest BCUT2D eigenvalue weighted by Gasteiger charge is -2.15. The van der Waals surface area contributed by atoms with E-state index in [9.17, 15) is 26.4 Å². The molecule has 0 fully saturated rings. The van der Waals surface area contributed by atoms with Gasteiger partial charge in [-0.25, -0.2) is 22.7 Å². The third-order valence-corrected chi connectivity index (χ3v) is 7.08. The van der Waals surface area contributed by atoms with Gasteiger partial charge in [0.1, 0.15) is 9.92 Å². The van der Waals surface area contributed by atoms with Crippen LogP contribution < -0.4 is 0 Å². The lowest BCUT2D eigenvalue weighted by atomic mass is 10.2. The van der Waals surface area contributed by atoms with Gasteiger partial charge in [0, 0.05) is 17.7 Å². The maximum Gasteiger partial charge on any atom is 0.451 e. The molecule has 150 valence electrons. The lowest BCUT2D eigenvalue weighted by Crippen LogP contribution is -2.32. The number of amides is 1. The van der Waals surface area contributed by atoms with Gasteiger partial charge in [0.05, 0.1) is 11.1 Å². The number of carbonyl (C=O) groups excluding carboxylic acids is 1. The van der Waals surface area contributed by atoms with Gasteiger partial charge in [0.2, 0.25) is 5.82 Å². The van der Waals surface area contributed by atoms with Crippen molar-refractivity contribution in [3.63, 3.8) is 0 Å². The fraction of sp³-hybridized carbons (Fsp3) is 0.167. The number of benzene rings is 2. The molecular weight excluding hydrogens is 427 g/mol. The Morgan fingerprint density at radius 2 is 1.69 bits per heavy atom. The van der Waals surface area contributed by atoms with E-state index in [-0.39, 0.29) is 33.3 Å². The first-order chi connectivity index (χ1) is 13.7. The maximum atomic E-state index is 13.1. The van der Waals surface area contributed by atoms with Crippen LogP contribution in [0.5, 0.6) is 0 Å². The van der Waals surface area contributed by atoms with E-state index >= 15 is 0 Å². The van der Waals surface area contributed by atoms with Crippen LogP contribution in [0.4, 0.5) is 13.2 Å². The van der Waals surface area contributed by atoms with Crippen LogP contribution in [0.25, 0.3) is 10.9 Å². The van der Waals surface area contributed by atoms with Gasteiger partial charge in [-0.1, -0.05) is 30.3 Å². The topological polar surface area (TPSA) is 80.2 Å². The van der Waals surface area contributed by atoms with Crippen LogP contribution in [0.2, 0.25) is 0 Å². The molecule has 1 amide bonds. The first kappa shape index (κ1) is 19.6. The number of carbonyl (C=O) groups is 1. The number of thioether (sulfide) groups is 1. The molecule has 2 aromatic carbocycles.